The number of phenols is 1. The minimum atomic E-state index is -0.422. The maximum atomic E-state index is 12.1. The van der Waals surface area contributed by atoms with Crippen LogP contribution in [0.15, 0.2) is 48.5 Å². The second-order valence-electron chi connectivity index (χ2n) is 5.47. The molecule has 2 rings (SSSR count). The zero-order valence-corrected chi connectivity index (χ0v) is 14.1. The van der Waals surface area contributed by atoms with Crippen LogP contribution in [0.2, 0.25) is 0 Å². The van der Waals surface area contributed by atoms with Crippen molar-refractivity contribution in [2.45, 2.75) is 19.8 Å². The van der Waals surface area contributed by atoms with E-state index in [1.54, 1.807) is 42.5 Å². The molecule has 0 fully saturated rings. The smallest absolute Gasteiger partial charge is 0.251 e. The van der Waals surface area contributed by atoms with Crippen LogP contribution in [0.5, 0.6) is 11.5 Å². The van der Waals surface area contributed by atoms with Gasteiger partial charge in [0.05, 0.1) is 18.8 Å². The van der Waals surface area contributed by atoms with Gasteiger partial charge in [-0.1, -0.05) is 25.5 Å². The number of unbranched alkanes of at least 4 members (excludes halogenated alkanes) is 1. The van der Waals surface area contributed by atoms with Gasteiger partial charge in [0, 0.05) is 5.56 Å². The lowest BCUT2D eigenvalue weighted by Gasteiger charge is -2.09. The lowest BCUT2D eigenvalue weighted by Crippen LogP contribution is -2.32. The molecule has 0 aromatic heterocycles. The number of rotatable bonds is 8. The summed E-state index contributed by atoms with van der Waals surface area (Å²) >= 11 is 0. The fourth-order valence-electron chi connectivity index (χ4n) is 2.07. The zero-order valence-electron chi connectivity index (χ0n) is 14.1. The van der Waals surface area contributed by atoms with Crippen molar-refractivity contribution in [3.63, 3.8) is 0 Å². The molecule has 3 N–H and O–H groups in total. The van der Waals surface area contributed by atoms with Gasteiger partial charge in [0.2, 0.25) is 5.91 Å². The van der Waals surface area contributed by atoms with Gasteiger partial charge in [-0.05, 0) is 42.8 Å². The fourth-order valence-corrected chi connectivity index (χ4v) is 2.07. The second kappa shape index (κ2) is 9.32. The van der Waals surface area contributed by atoms with Crippen molar-refractivity contribution in [2.24, 2.45) is 0 Å². The Kier molecular flexibility index (Phi) is 6.83. The lowest BCUT2D eigenvalue weighted by atomic mass is 10.2. The van der Waals surface area contributed by atoms with Crippen LogP contribution in [0.4, 0.5) is 5.69 Å². The van der Waals surface area contributed by atoms with E-state index in [1.165, 1.54) is 6.07 Å². The van der Waals surface area contributed by atoms with Gasteiger partial charge in [-0.3, -0.25) is 9.59 Å². The predicted octanol–water partition coefficient (Wildman–Crippen LogP) is 2.94. The summed E-state index contributed by atoms with van der Waals surface area (Å²) in [6.07, 6.45) is 2.04. The largest absolute Gasteiger partial charge is 0.506 e. The highest BCUT2D eigenvalue weighted by Gasteiger charge is 2.10. The fraction of sp³-hybridized carbons (Fsp3) is 0.263. The molecule has 2 aromatic carbocycles. The minimum absolute atomic E-state index is 0.0270. The molecule has 0 saturated heterocycles. The molecule has 2 aromatic rings. The Morgan fingerprint density at radius 2 is 1.80 bits per heavy atom. The molecule has 0 spiro atoms. The Labute approximate surface area is 146 Å². The van der Waals surface area contributed by atoms with Crippen molar-refractivity contribution in [1.29, 1.82) is 0 Å². The molecule has 0 bridgehead atoms. The third-order valence-corrected chi connectivity index (χ3v) is 3.47. The molecule has 0 atom stereocenters. The van der Waals surface area contributed by atoms with E-state index in [2.05, 4.69) is 17.6 Å². The molecule has 0 unspecified atom stereocenters. The molecule has 0 heterocycles. The van der Waals surface area contributed by atoms with Crippen molar-refractivity contribution in [2.75, 3.05) is 18.5 Å². The number of carbonyl (C=O) groups is 2. The normalized spacial score (nSPS) is 10.1. The molecule has 6 nitrogen and oxygen atoms in total. The Bertz CT molecular complexity index is 714. The molecule has 2 amide bonds. The van der Waals surface area contributed by atoms with Gasteiger partial charge in [0.25, 0.3) is 5.91 Å². The quantitative estimate of drug-likeness (QED) is 0.508. The molecule has 25 heavy (non-hydrogen) atoms. The number of nitrogens with one attached hydrogen (secondary N) is 2. The van der Waals surface area contributed by atoms with Crippen molar-refractivity contribution < 1.29 is 19.4 Å². The van der Waals surface area contributed by atoms with E-state index >= 15 is 0 Å². The van der Waals surface area contributed by atoms with Crippen LogP contribution in [0, 0.1) is 0 Å². The summed E-state index contributed by atoms with van der Waals surface area (Å²) in [4.78, 5) is 23.9. The van der Waals surface area contributed by atoms with Crippen LogP contribution in [0.25, 0.3) is 0 Å². The lowest BCUT2D eigenvalue weighted by molar-refractivity contribution is -0.115. The molecule has 0 saturated carbocycles. The average molecular weight is 342 g/mol. The maximum absolute atomic E-state index is 12.1. The van der Waals surface area contributed by atoms with Crippen LogP contribution in [-0.2, 0) is 4.79 Å². The highest BCUT2D eigenvalue weighted by atomic mass is 16.5. The first-order chi connectivity index (χ1) is 12.1. The number of ether oxygens (including phenoxy) is 1. The van der Waals surface area contributed by atoms with Crippen molar-refractivity contribution in [3.8, 4) is 11.5 Å². The summed E-state index contributed by atoms with van der Waals surface area (Å²) in [6.45, 7) is 2.54. The number of phenolic OH excluding ortho intramolecular Hbond substituents is 1. The Morgan fingerprint density at radius 1 is 1.08 bits per heavy atom. The number of aromatic hydroxyl groups is 1. The number of hydrogen-bond donors (Lipinski definition) is 3. The topological polar surface area (TPSA) is 87.7 Å². The monoisotopic (exact) mass is 342 g/mol. The van der Waals surface area contributed by atoms with Crippen LogP contribution < -0.4 is 15.4 Å². The number of para-hydroxylation sites is 2. The van der Waals surface area contributed by atoms with E-state index in [-0.39, 0.29) is 18.2 Å². The number of hydrogen-bond acceptors (Lipinski definition) is 4. The molecule has 0 radical (unpaired) electrons. The van der Waals surface area contributed by atoms with Crippen LogP contribution in [0.1, 0.15) is 30.1 Å². The first kappa shape index (κ1) is 18.3. The van der Waals surface area contributed by atoms with Crippen LogP contribution in [-0.4, -0.2) is 30.1 Å². The van der Waals surface area contributed by atoms with E-state index in [9.17, 15) is 14.7 Å². The molecule has 6 heteroatoms. The summed E-state index contributed by atoms with van der Waals surface area (Å²) in [5, 5.41) is 14.7. The van der Waals surface area contributed by atoms with E-state index in [1.807, 2.05) is 0 Å². The van der Waals surface area contributed by atoms with E-state index in [0.29, 0.717) is 23.6 Å². The molecule has 132 valence electrons. The summed E-state index contributed by atoms with van der Waals surface area (Å²) in [5.74, 6) is -0.0926. The maximum Gasteiger partial charge on any atom is 0.251 e. The SMILES string of the molecule is CCCCOc1ccc(C(=O)NCC(=O)Nc2ccccc2O)cc1. The van der Waals surface area contributed by atoms with Crippen molar-refractivity contribution in [3.05, 3.63) is 54.1 Å². The Hall–Kier alpha value is -3.02. The summed E-state index contributed by atoms with van der Waals surface area (Å²) in [7, 11) is 0. The number of amides is 2. The summed E-state index contributed by atoms with van der Waals surface area (Å²) < 4.78 is 5.54. The number of carbonyl (C=O) groups excluding carboxylic acids is 2. The molecular formula is C19H22N2O4. The van der Waals surface area contributed by atoms with Crippen LogP contribution in [0.3, 0.4) is 0 Å². The van der Waals surface area contributed by atoms with Gasteiger partial charge in [0.15, 0.2) is 0 Å². The molecular weight excluding hydrogens is 320 g/mol. The van der Waals surface area contributed by atoms with Gasteiger partial charge in [-0.15, -0.1) is 0 Å². The van der Waals surface area contributed by atoms with E-state index < -0.39 is 5.91 Å². The first-order valence-electron chi connectivity index (χ1n) is 8.19. The Morgan fingerprint density at radius 3 is 2.48 bits per heavy atom. The molecule has 0 aliphatic rings. The predicted molar refractivity (Wildman–Crippen MR) is 95.9 cm³/mol. The zero-order chi connectivity index (χ0) is 18.1. The highest BCUT2D eigenvalue weighted by molar-refractivity contribution is 5.99. The van der Waals surface area contributed by atoms with Crippen molar-refractivity contribution in [1.82, 2.24) is 5.32 Å². The summed E-state index contributed by atoms with van der Waals surface area (Å²) in [5.41, 5.74) is 0.744. The van der Waals surface area contributed by atoms with E-state index in [0.717, 1.165) is 12.8 Å². The molecule has 0 aliphatic heterocycles. The van der Waals surface area contributed by atoms with Gasteiger partial charge in [-0.25, -0.2) is 0 Å². The number of anilines is 1. The first-order valence-corrected chi connectivity index (χ1v) is 8.19. The van der Waals surface area contributed by atoms with Gasteiger partial charge < -0.3 is 20.5 Å². The average Bonchev–Trinajstić information content (AvgIpc) is 2.62. The third-order valence-electron chi connectivity index (χ3n) is 3.47. The number of benzene rings is 2. The van der Waals surface area contributed by atoms with Crippen molar-refractivity contribution >= 4 is 17.5 Å². The highest BCUT2D eigenvalue weighted by Crippen LogP contribution is 2.21. The van der Waals surface area contributed by atoms with Gasteiger partial charge in [0.1, 0.15) is 11.5 Å². The van der Waals surface area contributed by atoms with E-state index in [4.69, 9.17) is 4.74 Å². The van der Waals surface area contributed by atoms with Crippen LogP contribution >= 0.6 is 0 Å². The van der Waals surface area contributed by atoms with Gasteiger partial charge >= 0.3 is 0 Å². The standard InChI is InChI=1S/C19H22N2O4/c1-2-3-12-25-15-10-8-14(9-11-15)19(24)20-13-18(23)21-16-6-4-5-7-17(16)22/h4-11,22H,2-3,12-13H2,1H3,(H,20,24)(H,21,23). The Balaban J connectivity index is 1.81. The third kappa shape index (κ3) is 5.84. The second-order valence-corrected chi connectivity index (χ2v) is 5.47. The minimum Gasteiger partial charge on any atom is -0.506 e. The van der Waals surface area contributed by atoms with Gasteiger partial charge in [-0.2, -0.15) is 0 Å². The molecule has 0 aliphatic carbocycles. The summed E-state index contributed by atoms with van der Waals surface area (Å²) in [6, 6.07) is 13.2.